The number of rotatable bonds is 4. The lowest BCUT2D eigenvalue weighted by Crippen LogP contribution is -2.48. The SMILES string of the molecule is CC(C)c1ccc(Cl)c(S(=O)(=O)NC2CCNCC2C)c1.Cl. The summed E-state index contributed by atoms with van der Waals surface area (Å²) in [7, 11) is -3.59. The van der Waals surface area contributed by atoms with Crippen molar-refractivity contribution in [3.8, 4) is 0 Å². The van der Waals surface area contributed by atoms with E-state index in [9.17, 15) is 8.42 Å². The van der Waals surface area contributed by atoms with E-state index in [1.165, 1.54) is 0 Å². The zero-order valence-electron chi connectivity index (χ0n) is 13.1. The van der Waals surface area contributed by atoms with Gasteiger partial charge in [0.25, 0.3) is 0 Å². The Morgan fingerprint density at radius 3 is 2.64 bits per heavy atom. The molecule has 0 aliphatic carbocycles. The summed E-state index contributed by atoms with van der Waals surface area (Å²) in [6.45, 7) is 7.76. The van der Waals surface area contributed by atoms with Crippen LogP contribution in [0.4, 0.5) is 0 Å². The minimum Gasteiger partial charge on any atom is -0.316 e. The molecule has 0 aromatic heterocycles. The Morgan fingerprint density at radius 1 is 1.36 bits per heavy atom. The van der Waals surface area contributed by atoms with E-state index in [1.54, 1.807) is 12.1 Å². The van der Waals surface area contributed by atoms with E-state index >= 15 is 0 Å². The molecule has 0 saturated carbocycles. The summed E-state index contributed by atoms with van der Waals surface area (Å²) < 4.78 is 28.1. The maximum Gasteiger partial charge on any atom is 0.242 e. The molecule has 1 heterocycles. The highest BCUT2D eigenvalue weighted by Gasteiger charge is 2.28. The molecule has 4 nitrogen and oxygen atoms in total. The zero-order chi connectivity index (χ0) is 15.6. The van der Waals surface area contributed by atoms with Gasteiger partial charge in [0.2, 0.25) is 10.0 Å². The van der Waals surface area contributed by atoms with E-state index in [4.69, 9.17) is 11.6 Å². The second kappa shape index (κ2) is 7.97. The Morgan fingerprint density at radius 2 is 2.05 bits per heavy atom. The van der Waals surface area contributed by atoms with E-state index < -0.39 is 10.0 Å². The normalized spacial score (nSPS) is 22.4. The van der Waals surface area contributed by atoms with Gasteiger partial charge >= 0.3 is 0 Å². The molecule has 1 fully saturated rings. The van der Waals surface area contributed by atoms with Crippen molar-refractivity contribution < 1.29 is 8.42 Å². The maximum atomic E-state index is 12.6. The zero-order valence-corrected chi connectivity index (χ0v) is 15.5. The first-order valence-electron chi connectivity index (χ1n) is 7.33. The number of nitrogens with one attached hydrogen (secondary N) is 2. The second-order valence-electron chi connectivity index (χ2n) is 6.04. The Bertz CT molecular complexity index is 606. The van der Waals surface area contributed by atoms with Gasteiger partial charge in [-0.2, -0.15) is 0 Å². The van der Waals surface area contributed by atoms with Crippen molar-refractivity contribution >= 4 is 34.0 Å². The number of hydrogen-bond donors (Lipinski definition) is 2. The molecule has 1 aliphatic rings. The van der Waals surface area contributed by atoms with Crippen molar-refractivity contribution in [3.05, 3.63) is 28.8 Å². The van der Waals surface area contributed by atoms with Crippen LogP contribution in [0.3, 0.4) is 0 Å². The summed E-state index contributed by atoms with van der Waals surface area (Å²) in [5.74, 6) is 0.523. The third-order valence-electron chi connectivity index (χ3n) is 4.00. The summed E-state index contributed by atoms with van der Waals surface area (Å²) in [4.78, 5) is 0.182. The summed E-state index contributed by atoms with van der Waals surface area (Å²) in [5.41, 5.74) is 0.970. The fourth-order valence-electron chi connectivity index (χ4n) is 2.54. The highest BCUT2D eigenvalue weighted by Crippen LogP contribution is 2.27. The number of benzene rings is 1. The molecule has 2 atom stereocenters. The van der Waals surface area contributed by atoms with E-state index in [1.807, 2.05) is 26.8 Å². The lowest BCUT2D eigenvalue weighted by atomic mass is 9.97. The standard InChI is InChI=1S/C15H23ClN2O2S.ClH/c1-10(2)12-4-5-13(16)15(8-12)21(19,20)18-14-6-7-17-9-11(14)3;/h4-5,8,10-11,14,17-18H,6-7,9H2,1-3H3;1H. The number of hydrogen-bond acceptors (Lipinski definition) is 3. The Hall–Kier alpha value is -0.330. The molecule has 1 aromatic rings. The average Bonchev–Trinajstić information content (AvgIpc) is 2.41. The van der Waals surface area contributed by atoms with Crippen molar-refractivity contribution in [2.24, 2.45) is 5.92 Å². The van der Waals surface area contributed by atoms with Crippen LogP contribution in [0.25, 0.3) is 0 Å². The minimum absolute atomic E-state index is 0. The summed E-state index contributed by atoms with van der Waals surface area (Å²) in [6.07, 6.45) is 0.794. The highest BCUT2D eigenvalue weighted by molar-refractivity contribution is 7.89. The summed E-state index contributed by atoms with van der Waals surface area (Å²) in [6, 6.07) is 5.17. The predicted molar refractivity (Wildman–Crippen MR) is 93.5 cm³/mol. The molecule has 1 aromatic carbocycles. The van der Waals surface area contributed by atoms with Crippen molar-refractivity contribution in [2.45, 2.75) is 44.0 Å². The molecule has 126 valence electrons. The molecule has 1 aliphatic heterocycles. The monoisotopic (exact) mass is 366 g/mol. The van der Waals surface area contributed by atoms with Crippen LogP contribution in [0.15, 0.2) is 23.1 Å². The highest BCUT2D eigenvalue weighted by atomic mass is 35.5. The van der Waals surface area contributed by atoms with E-state index in [2.05, 4.69) is 10.0 Å². The second-order valence-corrected chi connectivity index (χ2v) is 8.13. The molecule has 0 radical (unpaired) electrons. The van der Waals surface area contributed by atoms with Crippen molar-refractivity contribution in [1.29, 1.82) is 0 Å². The average molecular weight is 367 g/mol. The topological polar surface area (TPSA) is 58.2 Å². The molecular formula is C15H24Cl2N2O2S. The van der Waals surface area contributed by atoms with Gasteiger partial charge in [-0.25, -0.2) is 13.1 Å². The van der Waals surface area contributed by atoms with Crippen LogP contribution in [0, 0.1) is 5.92 Å². The molecule has 2 unspecified atom stereocenters. The Kier molecular flexibility index (Phi) is 7.15. The lowest BCUT2D eigenvalue weighted by Gasteiger charge is -2.30. The lowest BCUT2D eigenvalue weighted by molar-refractivity contribution is 0.328. The predicted octanol–water partition coefficient (Wildman–Crippen LogP) is 3.16. The molecule has 22 heavy (non-hydrogen) atoms. The first kappa shape index (κ1) is 19.7. The molecule has 2 rings (SSSR count). The van der Waals surface area contributed by atoms with Crippen molar-refractivity contribution in [2.75, 3.05) is 13.1 Å². The van der Waals surface area contributed by atoms with Gasteiger partial charge in [-0.1, -0.05) is 38.4 Å². The Balaban J connectivity index is 0.00000242. The number of piperidine rings is 1. The largest absolute Gasteiger partial charge is 0.316 e. The van der Waals surface area contributed by atoms with E-state index in [0.717, 1.165) is 25.1 Å². The fraction of sp³-hybridized carbons (Fsp3) is 0.600. The summed E-state index contributed by atoms with van der Waals surface area (Å²) >= 11 is 6.11. The van der Waals surface area contributed by atoms with Gasteiger partial charge < -0.3 is 5.32 Å². The fourth-order valence-corrected chi connectivity index (χ4v) is 4.45. The van der Waals surface area contributed by atoms with Gasteiger partial charge in [-0.05, 0) is 49.0 Å². The molecule has 2 N–H and O–H groups in total. The smallest absolute Gasteiger partial charge is 0.242 e. The molecule has 0 spiro atoms. The number of sulfonamides is 1. The van der Waals surface area contributed by atoms with Crippen LogP contribution in [0.1, 0.15) is 38.7 Å². The van der Waals surface area contributed by atoms with Gasteiger partial charge in [0.1, 0.15) is 4.90 Å². The first-order chi connectivity index (χ1) is 9.81. The van der Waals surface area contributed by atoms with Gasteiger partial charge in [-0.15, -0.1) is 12.4 Å². The molecular weight excluding hydrogens is 343 g/mol. The van der Waals surface area contributed by atoms with Crippen molar-refractivity contribution in [1.82, 2.24) is 10.0 Å². The molecule has 1 saturated heterocycles. The van der Waals surface area contributed by atoms with Crippen molar-refractivity contribution in [3.63, 3.8) is 0 Å². The third kappa shape index (κ3) is 4.59. The van der Waals surface area contributed by atoms with E-state index in [-0.39, 0.29) is 40.2 Å². The molecule has 0 amide bonds. The van der Waals surface area contributed by atoms with Crippen LogP contribution < -0.4 is 10.0 Å². The third-order valence-corrected chi connectivity index (χ3v) is 5.97. The quantitative estimate of drug-likeness (QED) is 0.860. The van der Waals surface area contributed by atoms with Crippen LogP contribution in [-0.2, 0) is 10.0 Å². The van der Waals surface area contributed by atoms with Crippen LogP contribution in [0.5, 0.6) is 0 Å². The molecule has 7 heteroatoms. The molecule has 0 bridgehead atoms. The van der Waals surface area contributed by atoms with Crippen LogP contribution in [-0.4, -0.2) is 27.5 Å². The van der Waals surface area contributed by atoms with Gasteiger partial charge in [0.05, 0.1) is 5.02 Å². The van der Waals surface area contributed by atoms with Crippen LogP contribution >= 0.6 is 24.0 Å². The summed E-state index contributed by atoms with van der Waals surface area (Å²) in [5, 5.41) is 3.54. The van der Waals surface area contributed by atoms with Gasteiger partial charge in [0, 0.05) is 6.04 Å². The minimum atomic E-state index is -3.59. The van der Waals surface area contributed by atoms with E-state index in [0.29, 0.717) is 0 Å². The maximum absolute atomic E-state index is 12.6. The van der Waals surface area contributed by atoms with Gasteiger partial charge in [0.15, 0.2) is 0 Å². The first-order valence-corrected chi connectivity index (χ1v) is 9.20. The Labute approximate surface area is 144 Å². The van der Waals surface area contributed by atoms with Gasteiger partial charge in [-0.3, -0.25) is 0 Å². The van der Waals surface area contributed by atoms with Crippen LogP contribution in [0.2, 0.25) is 5.02 Å². The number of halogens is 2.